The predicted molar refractivity (Wildman–Crippen MR) is 42.5 cm³/mol. The molecule has 10 heavy (non-hydrogen) atoms. The molecule has 1 fully saturated rings. The Morgan fingerprint density at radius 3 is 2.50 bits per heavy atom. The van der Waals surface area contributed by atoms with Gasteiger partial charge in [0, 0.05) is 6.04 Å². The van der Waals surface area contributed by atoms with Crippen molar-refractivity contribution in [2.75, 3.05) is 0 Å². The SMILES string of the molecule is CC[C@@H]1[C@H](N)[C@H]2C=C[C@@H]1C2. The van der Waals surface area contributed by atoms with Gasteiger partial charge in [-0.1, -0.05) is 25.5 Å². The molecule has 0 aromatic heterocycles. The molecule has 56 valence electrons. The fourth-order valence-electron chi connectivity index (χ4n) is 2.54. The molecular weight excluding hydrogens is 122 g/mol. The standard InChI is InChI=1S/C9H15N/c1-2-8-6-3-4-7(5-6)9(8)10/h3-4,6-9H,2,5,10H2,1H3/t6-,7+,8+,9-/m1/s1. The number of rotatable bonds is 1. The van der Waals surface area contributed by atoms with Crippen molar-refractivity contribution in [3.05, 3.63) is 12.2 Å². The van der Waals surface area contributed by atoms with Gasteiger partial charge in [-0.05, 0) is 24.2 Å². The highest BCUT2D eigenvalue weighted by Crippen LogP contribution is 2.43. The zero-order valence-corrected chi connectivity index (χ0v) is 6.46. The van der Waals surface area contributed by atoms with E-state index in [2.05, 4.69) is 19.1 Å². The highest BCUT2D eigenvalue weighted by atomic mass is 14.7. The summed E-state index contributed by atoms with van der Waals surface area (Å²) >= 11 is 0. The maximum atomic E-state index is 6.02. The van der Waals surface area contributed by atoms with E-state index < -0.39 is 0 Å². The number of nitrogens with two attached hydrogens (primary N) is 1. The second-order valence-corrected chi connectivity index (χ2v) is 3.60. The molecule has 2 N–H and O–H groups in total. The first kappa shape index (κ1) is 6.41. The Morgan fingerprint density at radius 2 is 2.10 bits per heavy atom. The van der Waals surface area contributed by atoms with Gasteiger partial charge in [0.2, 0.25) is 0 Å². The Kier molecular flexibility index (Phi) is 1.34. The lowest BCUT2D eigenvalue weighted by molar-refractivity contribution is 0.381. The number of allylic oxidation sites excluding steroid dienone is 1. The minimum atomic E-state index is 0.472. The van der Waals surface area contributed by atoms with Crippen LogP contribution < -0.4 is 5.73 Å². The second kappa shape index (κ2) is 2.09. The molecule has 0 amide bonds. The maximum absolute atomic E-state index is 6.02. The molecule has 0 radical (unpaired) electrons. The van der Waals surface area contributed by atoms with E-state index in [9.17, 15) is 0 Å². The molecule has 0 aromatic rings. The van der Waals surface area contributed by atoms with Crippen molar-refractivity contribution < 1.29 is 0 Å². The fraction of sp³-hybridized carbons (Fsp3) is 0.778. The summed E-state index contributed by atoms with van der Waals surface area (Å²) in [6.07, 6.45) is 7.26. The molecule has 0 heterocycles. The third kappa shape index (κ3) is 0.671. The average molecular weight is 137 g/mol. The molecule has 1 heteroatoms. The molecule has 0 saturated heterocycles. The van der Waals surface area contributed by atoms with Crippen LogP contribution in [-0.2, 0) is 0 Å². The van der Waals surface area contributed by atoms with E-state index >= 15 is 0 Å². The van der Waals surface area contributed by atoms with Crippen molar-refractivity contribution in [1.29, 1.82) is 0 Å². The third-order valence-corrected chi connectivity index (χ3v) is 3.16. The van der Waals surface area contributed by atoms with Crippen molar-refractivity contribution in [3.63, 3.8) is 0 Å². The lowest BCUT2D eigenvalue weighted by Crippen LogP contribution is -2.33. The quantitative estimate of drug-likeness (QED) is 0.545. The first-order chi connectivity index (χ1) is 4.83. The van der Waals surface area contributed by atoms with Crippen molar-refractivity contribution in [1.82, 2.24) is 0 Å². The molecular formula is C9H15N. The largest absolute Gasteiger partial charge is 0.327 e. The minimum absolute atomic E-state index is 0.472. The smallest absolute Gasteiger partial charge is 0.0136 e. The van der Waals surface area contributed by atoms with Crippen LogP contribution in [-0.4, -0.2) is 6.04 Å². The minimum Gasteiger partial charge on any atom is -0.327 e. The summed E-state index contributed by atoms with van der Waals surface area (Å²) in [6.45, 7) is 2.25. The highest BCUT2D eigenvalue weighted by Gasteiger charge is 2.40. The Bertz CT molecular complexity index is 162. The van der Waals surface area contributed by atoms with E-state index in [0.29, 0.717) is 6.04 Å². The summed E-state index contributed by atoms with van der Waals surface area (Å²) in [5.41, 5.74) is 6.02. The Hall–Kier alpha value is -0.300. The van der Waals surface area contributed by atoms with Crippen LogP contribution in [0.3, 0.4) is 0 Å². The summed E-state index contributed by atoms with van der Waals surface area (Å²) in [6, 6.07) is 0.472. The summed E-state index contributed by atoms with van der Waals surface area (Å²) in [5, 5.41) is 0. The summed E-state index contributed by atoms with van der Waals surface area (Å²) < 4.78 is 0. The lowest BCUT2D eigenvalue weighted by atomic mass is 9.88. The van der Waals surface area contributed by atoms with Crippen molar-refractivity contribution in [2.45, 2.75) is 25.8 Å². The Balaban J connectivity index is 2.18. The van der Waals surface area contributed by atoms with Crippen LogP contribution in [0, 0.1) is 17.8 Å². The van der Waals surface area contributed by atoms with Crippen molar-refractivity contribution in [2.24, 2.45) is 23.5 Å². The van der Waals surface area contributed by atoms with Gasteiger partial charge in [-0.2, -0.15) is 0 Å². The van der Waals surface area contributed by atoms with E-state index in [1.54, 1.807) is 0 Å². The summed E-state index contributed by atoms with van der Waals surface area (Å²) in [4.78, 5) is 0. The van der Waals surface area contributed by atoms with Crippen LogP contribution in [0.4, 0.5) is 0 Å². The topological polar surface area (TPSA) is 26.0 Å². The normalized spacial score (nSPS) is 50.6. The Morgan fingerprint density at radius 1 is 1.40 bits per heavy atom. The van der Waals surface area contributed by atoms with Crippen LogP contribution in [0.25, 0.3) is 0 Å². The molecule has 0 aromatic carbocycles. The second-order valence-electron chi connectivity index (χ2n) is 3.60. The van der Waals surface area contributed by atoms with E-state index in [0.717, 1.165) is 17.8 Å². The van der Waals surface area contributed by atoms with Gasteiger partial charge in [0.1, 0.15) is 0 Å². The van der Waals surface area contributed by atoms with Crippen LogP contribution in [0.1, 0.15) is 19.8 Å². The van der Waals surface area contributed by atoms with E-state index in [-0.39, 0.29) is 0 Å². The van der Waals surface area contributed by atoms with Gasteiger partial charge in [-0.25, -0.2) is 0 Å². The molecule has 1 nitrogen and oxygen atoms in total. The van der Waals surface area contributed by atoms with E-state index in [1.807, 2.05) is 0 Å². The molecule has 2 bridgehead atoms. The first-order valence-electron chi connectivity index (χ1n) is 4.27. The molecule has 0 aliphatic heterocycles. The molecule has 0 spiro atoms. The first-order valence-corrected chi connectivity index (χ1v) is 4.27. The van der Waals surface area contributed by atoms with Crippen LogP contribution in [0.5, 0.6) is 0 Å². The molecule has 0 unspecified atom stereocenters. The van der Waals surface area contributed by atoms with Crippen LogP contribution >= 0.6 is 0 Å². The summed E-state index contributed by atoms with van der Waals surface area (Å²) in [7, 11) is 0. The number of hydrogen-bond donors (Lipinski definition) is 1. The monoisotopic (exact) mass is 137 g/mol. The third-order valence-electron chi connectivity index (χ3n) is 3.16. The number of hydrogen-bond acceptors (Lipinski definition) is 1. The van der Waals surface area contributed by atoms with Gasteiger partial charge in [0.25, 0.3) is 0 Å². The molecule has 2 rings (SSSR count). The molecule has 2 aliphatic rings. The van der Waals surface area contributed by atoms with Gasteiger partial charge < -0.3 is 5.73 Å². The fourth-order valence-corrected chi connectivity index (χ4v) is 2.54. The highest BCUT2D eigenvalue weighted by molar-refractivity contribution is 5.15. The lowest BCUT2D eigenvalue weighted by Gasteiger charge is -2.22. The number of fused-ring (bicyclic) bond motifs is 2. The molecule has 2 aliphatic carbocycles. The Labute approximate surface area is 62.3 Å². The maximum Gasteiger partial charge on any atom is 0.0136 e. The zero-order chi connectivity index (χ0) is 7.14. The van der Waals surface area contributed by atoms with Gasteiger partial charge >= 0.3 is 0 Å². The van der Waals surface area contributed by atoms with E-state index in [1.165, 1.54) is 12.8 Å². The van der Waals surface area contributed by atoms with Gasteiger partial charge in [-0.15, -0.1) is 0 Å². The van der Waals surface area contributed by atoms with Crippen LogP contribution in [0.15, 0.2) is 12.2 Å². The van der Waals surface area contributed by atoms with Crippen molar-refractivity contribution >= 4 is 0 Å². The predicted octanol–water partition coefficient (Wildman–Crippen LogP) is 1.55. The molecule has 4 atom stereocenters. The summed E-state index contributed by atoms with van der Waals surface area (Å²) in [5.74, 6) is 2.33. The van der Waals surface area contributed by atoms with Gasteiger partial charge in [0.05, 0.1) is 0 Å². The molecule has 1 saturated carbocycles. The van der Waals surface area contributed by atoms with E-state index in [4.69, 9.17) is 5.73 Å². The van der Waals surface area contributed by atoms with Gasteiger partial charge in [0.15, 0.2) is 0 Å². The van der Waals surface area contributed by atoms with Crippen LogP contribution in [0.2, 0.25) is 0 Å². The van der Waals surface area contributed by atoms with Crippen molar-refractivity contribution in [3.8, 4) is 0 Å². The zero-order valence-electron chi connectivity index (χ0n) is 6.46. The average Bonchev–Trinajstić information content (AvgIpc) is 2.46. The van der Waals surface area contributed by atoms with Gasteiger partial charge in [-0.3, -0.25) is 0 Å².